The Morgan fingerprint density at radius 3 is 2.53 bits per heavy atom. The van der Waals surface area contributed by atoms with Crippen LogP contribution in [0.3, 0.4) is 0 Å². The minimum absolute atomic E-state index is 0.0291. The highest BCUT2D eigenvalue weighted by Crippen LogP contribution is 2.18. The Kier molecular flexibility index (Phi) is 4.24. The molecule has 0 saturated carbocycles. The lowest BCUT2D eigenvalue weighted by atomic mass is 10.2. The molecule has 1 N–H and O–H groups in total. The summed E-state index contributed by atoms with van der Waals surface area (Å²) < 4.78 is 5.45. The molecular weight excluding hydrogens is 289 g/mol. The minimum Gasteiger partial charge on any atom is -0.487 e. The number of hydrogen-bond acceptors (Lipinski definition) is 3. The number of rotatable bonds is 4. The fourth-order valence-electron chi connectivity index (χ4n) is 1.45. The number of carbonyl (C=O) groups is 1. The number of halogens is 2. The number of benzene rings is 1. The number of carboxylic acids is 1. The fraction of sp³-hybridized carbons (Fsp3) is 0.0769. The summed E-state index contributed by atoms with van der Waals surface area (Å²) in [7, 11) is 0. The van der Waals surface area contributed by atoms with Gasteiger partial charge in [0.05, 0.1) is 16.3 Å². The van der Waals surface area contributed by atoms with Crippen molar-refractivity contribution in [3.05, 3.63) is 57.8 Å². The van der Waals surface area contributed by atoms with E-state index in [1.165, 1.54) is 12.3 Å². The van der Waals surface area contributed by atoms with E-state index in [1.807, 2.05) is 0 Å². The van der Waals surface area contributed by atoms with E-state index in [9.17, 15) is 4.79 Å². The third-order valence-electron chi connectivity index (χ3n) is 2.36. The van der Waals surface area contributed by atoms with Gasteiger partial charge in [-0.1, -0.05) is 23.2 Å². The number of aromatic nitrogens is 1. The van der Waals surface area contributed by atoms with E-state index < -0.39 is 5.97 Å². The average Bonchev–Trinajstić information content (AvgIpc) is 2.39. The average molecular weight is 298 g/mol. The van der Waals surface area contributed by atoms with Crippen LogP contribution >= 0.6 is 23.2 Å². The number of nitrogens with zero attached hydrogens (tertiary/aromatic N) is 1. The molecule has 0 saturated heterocycles. The highest BCUT2D eigenvalue weighted by molar-refractivity contribution is 6.31. The molecule has 1 heterocycles. The van der Waals surface area contributed by atoms with Crippen LogP contribution in [0.4, 0.5) is 0 Å². The molecule has 2 rings (SSSR count). The van der Waals surface area contributed by atoms with Gasteiger partial charge < -0.3 is 9.84 Å². The van der Waals surface area contributed by atoms with E-state index in [-0.39, 0.29) is 17.2 Å². The molecule has 0 bridgehead atoms. The topological polar surface area (TPSA) is 59.4 Å². The van der Waals surface area contributed by atoms with Gasteiger partial charge in [0.1, 0.15) is 12.4 Å². The van der Waals surface area contributed by atoms with Gasteiger partial charge in [-0.15, -0.1) is 0 Å². The van der Waals surface area contributed by atoms with E-state index in [2.05, 4.69) is 4.98 Å². The summed E-state index contributed by atoms with van der Waals surface area (Å²) in [5, 5.41) is 9.92. The fourth-order valence-corrected chi connectivity index (χ4v) is 1.73. The first kappa shape index (κ1) is 13.6. The van der Waals surface area contributed by atoms with Crippen LogP contribution in [0.2, 0.25) is 10.0 Å². The lowest BCUT2D eigenvalue weighted by Gasteiger charge is -2.08. The number of ether oxygens (including phenoxy) is 1. The van der Waals surface area contributed by atoms with Crippen molar-refractivity contribution >= 4 is 29.2 Å². The molecule has 1 aromatic heterocycles. The van der Waals surface area contributed by atoms with Gasteiger partial charge in [0, 0.05) is 11.2 Å². The molecule has 0 radical (unpaired) electrons. The maximum atomic E-state index is 11.1. The number of carboxylic acid groups (broad SMARTS) is 1. The third kappa shape index (κ3) is 3.59. The zero-order chi connectivity index (χ0) is 13.8. The molecule has 19 heavy (non-hydrogen) atoms. The highest BCUT2D eigenvalue weighted by atomic mass is 35.5. The molecule has 98 valence electrons. The number of aromatic carboxylic acids is 1. The molecule has 0 fully saturated rings. The van der Waals surface area contributed by atoms with E-state index in [4.69, 9.17) is 33.0 Å². The van der Waals surface area contributed by atoms with Crippen LogP contribution in [-0.2, 0) is 6.61 Å². The molecule has 2 aromatic rings. The first-order valence-corrected chi connectivity index (χ1v) is 6.08. The molecule has 0 aliphatic carbocycles. The second-order valence-electron chi connectivity index (χ2n) is 3.70. The van der Waals surface area contributed by atoms with Gasteiger partial charge in [-0.3, -0.25) is 4.98 Å². The molecule has 0 spiro atoms. The monoisotopic (exact) mass is 297 g/mol. The largest absolute Gasteiger partial charge is 0.487 e. The Labute approximate surface area is 119 Å². The minimum atomic E-state index is -1.09. The van der Waals surface area contributed by atoms with E-state index in [0.717, 1.165) is 0 Å². The van der Waals surface area contributed by atoms with Crippen molar-refractivity contribution in [1.29, 1.82) is 0 Å². The smallest absolute Gasteiger partial charge is 0.337 e. The molecule has 0 amide bonds. The summed E-state index contributed by atoms with van der Waals surface area (Å²) in [5.74, 6) is -0.512. The first-order valence-electron chi connectivity index (χ1n) is 5.32. The zero-order valence-electron chi connectivity index (χ0n) is 9.64. The van der Waals surface area contributed by atoms with Crippen LogP contribution in [0.25, 0.3) is 0 Å². The predicted molar refractivity (Wildman–Crippen MR) is 72.0 cm³/mol. The molecule has 0 atom stereocenters. The Hall–Kier alpha value is -1.78. The second kappa shape index (κ2) is 5.91. The summed E-state index contributed by atoms with van der Waals surface area (Å²) >= 11 is 11.5. The van der Waals surface area contributed by atoms with Crippen molar-refractivity contribution in [3.63, 3.8) is 0 Å². The molecule has 4 nitrogen and oxygen atoms in total. The van der Waals surface area contributed by atoms with Crippen LogP contribution in [0, 0.1) is 0 Å². The SMILES string of the molecule is O=C(O)c1cc(Cl)cnc1COc1ccc(Cl)cc1. The van der Waals surface area contributed by atoms with Crippen LogP contribution in [0.5, 0.6) is 5.75 Å². The Bertz CT molecular complexity index is 599. The Balaban J connectivity index is 2.15. The maximum Gasteiger partial charge on any atom is 0.337 e. The van der Waals surface area contributed by atoms with Crippen molar-refractivity contribution in [2.24, 2.45) is 0 Å². The van der Waals surface area contributed by atoms with Crippen molar-refractivity contribution in [1.82, 2.24) is 4.98 Å². The summed E-state index contributed by atoms with van der Waals surface area (Å²) in [4.78, 5) is 15.0. The zero-order valence-corrected chi connectivity index (χ0v) is 11.1. The van der Waals surface area contributed by atoms with Crippen molar-refractivity contribution in [2.75, 3.05) is 0 Å². The highest BCUT2D eigenvalue weighted by Gasteiger charge is 2.12. The molecular formula is C13H9Cl2NO3. The van der Waals surface area contributed by atoms with Gasteiger partial charge in [0.25, 0.3) is 0 Å². The molecule has 6 heteroatoms. The Morgan fingerprint density at radius 1 is 1.21 bits per heavy atom. The molecule has 0 aliphatic heterocycles. The van der Waals surface area contributed by atoms with Crippen molar-refractivity contribution in [2.45, 2.75) is 6.61 Å². The van der Waals surface area contributed by atoms with Gasteiger partial charge in [-0.25, -0.2) is 4.79 Å². The van der Waals surface area contributed by atoms with Gasteiger partial charge in [0.15, 0.2) is 0 Å². The summed E-state index contributed by atoms with van der Waals surface area (Å²) in [6.45, 7) is 0.0421. The van der Waals surface area contributed by atoms with Gasteiger partial charge in [-0.05, 0) is 30.3 Å². The summed E-state index contributed by atoms with van der Waals surface area (Å²) in [6.07, 6.45) is 1.38. The van der Waals surface area contributed by atoms with E-state index >= 15 is 0 Å². The second-order valence-corrected chi connectivity index (χ2v) is 4.57. The van der Waals surface area contributed by atoms with Crippen LogP contribution in [0.1, 0.15) is 16.1 Å². The molecule has 0 unspecified atom stereocenters. The quantitative estimate of drug-likeness (QED) is 0.935. The standard InChI is InChI=1S/C13H9Cl2NO3/c14-8-1-3-10(4-2-8)19-7-12-11(13(17)18)5-9(15)6-16-12/h1-6H,7H2,(H,17,18). The van der Waals surface area contributed by atoms with Crippen LogP contribution in [-0.4, -0.2) is 16.1 Å². The molecule has 0 aliphatic rings. The van der Waals surface area contributed by atoms with E-state index in [1.54, 1.807) is 24.3 Å². The summed E-state index contributed by atoms with van der Waals surface area (Å²) in [6, 6.07) is 8.10. The van der Waals surface area contributed by atoms with Crippen molar-refractivity contribution < 1.29 is 14.6 Å². The van der Waals surface area contributed by atoms with Crippen molar-refractivity contribution in [3.8, 4) is 5.75 Å². The normalized spacial score (nSPS) is 10.2. The lowest BCUT2D eigenvalue weighted by molar-refractivity contribution is 0.0693. The van der Waals surface area contributed by atoms with Crippen LogP contribution < -0.4 is 4.74 Å². The van der Waals surface area contributed by atoms with E-state index in [0.29, 0.717) is 16.5 Å². The van der Waals surface area contributed by atoms with Crippen LogP contribution in [0.15, 0.2) is 36.5 Å². The summed E-state index contributed by atoms with van der Waals surface area (Å²) in [5.41, 5.74) is 0.341. The number of hydrogen-bond donors (Lipinski definition) is 1. The third-order valence-corrected chi connectivity index (χ3v) is 2.82. The number of pyridine rings is 1. The first-order chi connectivity index (χ1) is 9.06. The van der Waals surface area contributed by atoms with Gasteiger partial charge in [0.2, 0.25) is 0 Å². The molecule has 1 aromatic carbocycles. The lowest BCUT2D eigenvalue weighted by Crippen LogP contribution is -2.08. The van der Waals surface area contributed by atoms with Gasteiger partial charge in [-0.2, -0.15) is 0 Å². The maximum absolute atomic E-state index is 11.1. The van der Waals surface area contributed by atoms with Gasteiger partial charge >= 0.3 is 5.97 Å². The predicted octanol–water partition coefficient (Wildman–Crippen LogP) is 3.67. The Morgan fingerprint density at radius 2 is 1.89 bits per heavy atom.